The molecule has 0 aromatic heterocycles. The predicted octanol–water partition coefficient (Wildman–Crippen LogP) is 10.4. The maximum atomic E-state index is 12.8. The van der Waals surface area contributed by atoms with Crippen molar-refractivity contribution in [3.63, 3.8) is 0 Å². The highest BCUT2D eigenvalue weighted by atomic mass is 16.6. The normalized spacial score (nSPS) is 19.8. The Bertz CT molecular complexity index is 902. The molecule has 6 heteroatoms. The standard InChI is InChI=1S/C36H62N2O4/c1-5-6-7-8-9-10-11-12-13-14-15-16-17-18-19-20-23-30-24-21-22-25-32(30)42-34(41)37-29-36(4)27-31(38-33(39)40)26-35(2,3)28-36/h21-22,24-25,31,38H,5-20,23,26-29H2,1-4H3,(H,37,41)(H,39,40). The van der Waals surface area contributed by atoms with Gasteiger partial charge in [0.15, 0.2) is 0 Å². The van der Waals surface area contributed by atoms with Crippen LogP contribution in [0, 0.1) is 10.8 Å². The zero-order chi connectivity index (χ0) is 30.7. The third-order valence-electron chi connectivity index (χ3n) is 8.91. The number of unbranched alkanes of at least 4 members (excludes halogenated alkanes) is 15. The molecule has 2 unspecified atom stereocenters. The number of hydrogen-bond donors (Lipinski definition) is 3. The molecule has 0 saturated heterocycles. The molecule has 1 aromatic rings. The molecule has 1 saturated carbocycles. The van der Waals surface area contributed by atoms with E-state index in [9.17, 15) is 14.7 Å². The van der Waals surface area contributed by atoms with Gasteiger partial charge in [-0.2, -0.15) is 0 Å². The molecule has 2 atom stereocenters. The van der Waals surface area contributed by atoms with Crippen LogP contribution in [0.3, 0.4) is 0 Å². The predicted molar refractivity (Wildman–Crippen MR) is 174 cm³/mol. The fourth-order valence-electron chi connectivity index (χ4n) is 7.14. The lowest BCUT2D eigenvalue weighted by atomic mass is 9.62. The Labute approximate surface area is 257 Å². The fraction of sp³-hybridized carbons (Fsp3) is 0.778. The average molecular weight is 587 g/mol. The number of nitrogens with one attached hydrogen (secondary N) is 2. The van der Waals surface area contributed by atoms with Crippen molar-refractivity contribution in [2.75, 3.05) is 6.54 Å². The topological polar surface area (TPSA) is 87.7 Å². The zero-order valence-corrected chi connectivity index (χ0v) is 27.4. The van der Waals surface area contributed by atoms with Gasteiger partial charge in [0.1, 0.15) is 5.75 Å². The molecule has 1 aliphatic rings. The minimum absolute atomic E-state index is 0.00868. The van der Waals surface area contributed by atoms with Crippen molar-refractivity contribution < 1.29 is 19.4 Å². The molecule has 0 aliphatic heterocycles. The number of carbonyl (C=O) groups is 2. The highest BCUT2D eigenvalue weighted by Crippen LogP contribution is 2.45. The lowest BCUT2D eigenvalue weighted by molar-refractivity contribution is 0.0695. The third-order valence-corrected chi connectivity index (χ3v) is 8.91. The average Bonchev–Trinajstić information content (AvgIpc) is 2.91. The van der Waals surface area contributed by atoms with Crippen LogP contribution in [-0.4, -0.2) is 29.9 Å². The zero-order valence-electron chi connectivity index (χ0n) is 27.4. The Morgan fingerprint density at radius 1 is 0.810 bits per heavy atom. The first-order valence-electron chi connectivity index (χ1n) is 17.2. The summed E-state index contributed by atoms with van der Waals surface area (Å²) in [6.07, 6.45) is 23.6. The summed E-state index contributed by atoms with van der Waals surface area (Å²) in [6, 6.07) is 7.73. The summed E-state index contributed by atoms with van der Waals surface area (Å²) < 4.78 is 5.74. The molecule has 2 rings (SSSR count). The SMILES string of the molecule is CCCCCCCCCCCCCCCCCCc1ccccc1OC(=O)NCC1(C)CC(NC(=O)O)CC(C)(C)C1. The molecule has 1 aromatic carbocycles. The van der Waals surface area contributed by atoms with Crippen LogP contribution in [0.25, 0.3) is 0 Å². The first-order chi connectivity index (χ1) is 20.1. The number of carboxylic acid groups (broad SMARTS) is 1. The number of benzene rings is 1. The van der Waals surface area contributed by atoms with E-state index in [0.717, 1.165) is 31.2 Å². The lowest BCUT2D eigenvalue weighted by Crippen LogP contribution is -2.50. The van der Waals surface area contributed by atoms with Crippen LogP contribution in [0.5, 0.6) is 5.75 Å². The quantitative estimate of drug-likeness (QED) is 0.125. The van der Waals surface area contributed by atoms with Crippen molar-refractivity contribution in [3.05, 3.63) is 29.8 Å². The number of carbonyl (C=O) groups excluding carboxylic acids is 1. The highest BCUT2D eigenvalue weighted by Gasteiger charge is 2.42. The Morgan fingerprint density at radius 2 is 1.33 bits per heavy atom. The first kappa shape index (κ1) is 36.0. The van der Waals surface area contributed by atoms with Gasteiger partial charge in [-0.25, -0.2) is 9.59 Å². The molecule has 0 radical (unpaired) electrons. The van der Waals surface area contributed by atoms with E-state index in [-0.39, 0.29) is 16.9 Å². The van der Waals surface area contributed by atoms with Crippen LogP contribution in [-0.2, 0) is 6.42 Å². The number of aryl methyl sites for hydroxylation is 1. The fourth-order valence-corrected chi connectivity index (χ4v) is 7.14. The van der Waals surface area contributed by atoms with Crippen LogP contribution in [0.4, 0.5) is 9.59 Å². The summed E-state index contributed by atoms with van der Waals surface area (Å²) in [7, 11) is 0. The second kappa shape index (κ2) is 19.9. The van der Waals surface area contributed by atoms with E-state index in [0.29, 0.717) is 18.7 Å². The molecule has 1 aliphatic carbocycles. The summed E-state index contributed by atoms with van der Waals surface area (Å²) >= 11 is 0. The van der Waals surface area contributed by atoms with Gasteiger partial charge >= 0.3 is 12.2 Å². The summed E-state index contributed by atoms with van der Waals surface area (Å²) in [6.45, 7) is 9.18. The monoisotopic (exact) mass is 586 g/mol. The van der Waals surface area contributed by atoms with Gasteiger partial charge in [-0.1, -0.05) is 142 Å². The summed E-state index contributed by atoms with van der Waals surface area (Å²) in [4.78, 5) is 24.0. The second-order valence-corrected chi connectivity index (χ2v) is 14.1. The molecule has 2 amide bonds. The molecular weight excluding hydrogens is 524 g/mol. The van der Waals surface area contributed by atoms with Crippen LogP contribution >= 0.6 is 0 Å². The molecule has 6 nitrogen and oxygen atoms in total. The Kier molecular flexibility index (Phi) is 17.0. The number of para-hydroxylation sites is 1. The molecule has 0 spiro atoms. The van der Waals surface area contributed by atoms with Gasteiger partial charge in [0.05, 0.1) is 0 Å². The second-order valence-electron chi connectivity index (χ2n) is 14.1. The van der Waals surface area contributed by atoms with Crippen molar-refractivity contribution in [1.29, 1.82) is 0 Å². The summed E-state index contributed by atoms with van der Waals surface area (Å²) in [5, 5.41) is 14.8. The van der Waals surface area contributed by atoms with Gasteiger partial charge in [0.25, 0.3) is 0 Å². The van der Waals surface area contributed by atoms with E-state index in [1.54, 1.807) is 0 Å². The van der Waals surface area contributed by atoms with Crippen LogP contribution in [0.1, 0.15) is 155 Å². The Hall–Kier alpha value is -2.24. The summed E-state index contributed by atoms with van der Waals surface area (Å²) in [5.41, 5.74) is 0.861. The van der Waals surface area contributed by atoms with Gasteiger partial charge in [0.2, 0.25) is 0 Å². The molecule has 42 heavy (non-hydrogen) atoms. The third kappa shape index (κ3) is 15.8. The smallest absolute Gasteiger partial charge is 0.412 e. The van der Waals surface area contributed by atoms with Crippen LogP contribution in [0.2, 0.25) is 0 Å². The maximum Gasteiger partial charge on any atom is 0.412 e. The van der Waals surface area contributed by atoms with Crippen molar-refractivity contribution in [2.45, 2.75) is 162 Å². The van der Waals surface area contributed by atoms with Gasteiger partial charge < -0.3 is 20.5 Å². The molecule has 1 fully saturated rings. The van der Waals surface area contributed by atoms with E-state index < -0.39 is 12.2 Å². The number of ether oxygens (including phenoxy) is 1. The van der Waals surface area contributed by atoms with Gasteiger partial charge in [-0.15, -0.1) is 0 Å². The number of hydrogen-bond acceptors (Lipinski definition) is 3. The van der Waals surface area contributed by atoms with Crippen LogP contribution in [0.15, 0.2) is 24.3 Å². The lowest BCUT2D eigenvalue weighted by Gasteiger charge is -2.46. The van der Waals surface area contributed by atoms with Crippen molar-refractivity contribution in [3.8, 4) is 5.75 Å². The minimum Gasteiger partial charge on any atom is -0.465 e. The van der Waals surface area contributed by atoms with Crippen molar-refractivity contribution >= 4 is 12.2 Å². The van der Waals surface area contributed by atoms with Crippen molar-refractivity contribution in [1.82, 2.24) is 10.6 Å². The minimum atomic E-state index is -0.992. The molecule has 3 N–H and O–H groups in total. The van der Waals surface area contributed by atoms with E-state index in [1.807, 2.05) is 18.2 Å². The van der Waals surface area contributed by atoms with Gasteiger partial charge in [-0.05, 0) is 54.6 Å². The Balaban J connectivity index is 1.59. The maximum absolute atomic E-state index is 12.8. The van der Waals surface area contributed by atoms with Crippen LogP contribution < -0.4 is 15.4 Å². The van der Waals surface area contributed by atoms with Gasteiger partial charge in [0, 0.05) is 12.6 Å². The van der Waals surface area contributed by atoms with Gasteiger partial charge in [-0.3, -0.25) is 0 Å². The molecule has 240 valence electrons. The molecule has 0 heterocycles. The molecule has 0 bridgehead atoms. The van der Waals surface area contributed by atoms with Crippen molar-refractivity contribution in [2.24, 2.45) is 10.8 Å². The number of rotatable bonds is 21. The largest absolute Gasteiger partial charge is 0.465 e. The van der Waals surface area contributed by atoms with E-state index in [4.69, 9.17) is 4.74 Å². The summed E-state index contributed by atoms with van der Waals surface area (Å²) in [5.74, 6) is 0.635. The van der Waals surface area contributed by atoms with E-state index >= 15 is 0 Å². The molecular formula is C36H62N2O4. The Morgan fingerprint density at radius 3 is 1.88 bits per heavy atom. The number of amides is 2. The first-order valence-corrected chi connectivity index (χ1v) is 17.2. The van der Waals surface area contributed by atoms with E-state index in [1.165, 1.54) is 96.3 Å². The van der Waals surface area contributed by atoms with E-state index in [2.05, 4.69) is 44.4 Å². The highest BCUT2D eigenvalue weighted by molar-refractivity contribution is 5.71.